The van der Waals surface area contributed by atoms with Gasteiger partial charge in [0.15, 0.2) is 11.5 Å². The molecule has 0 radical (unpaired) electrons. The number of hydrazone groups is 1. The Hall–Kier alpha value is -3.39. The molecule has 3 heterocycles. The van der Waals surface area contributed by atoms with Gasteiger partial charge in [0.2, 0.25) is 12.7 Å². The third kappa shape index (κ3) is 4.05. The first kappa shape index (κ1) is 20.5. The normalized spacial score (nSPS) is 20.9. The molecule has 3 aliphatic heterocycles. The van der Waals surface area contributed by atoms with Gasteiger partial charge in [-0.3, -0.25) is 14.5 Å². The zero-order valence-electron chi connectivity index (χ0n) is 17.8. The fraction of sp³-hybridized carbons (Fsp3) is 0.375. The number of hydrogen-bond donors (Lipinski definition) is 1. The molecule has 3 aliphatic rings. The van der Waals surface area contributed by atoms with Crippen molar-refractivity contribution in [1.82, 2.24) is 9.91 Å². The Labute approximate surface area is 186 Å². The smallest absolute Gasteiger partial charge is 0.257 e. The maximum atomic E-state index is 13.4. The van der Waals surface area contributed by atoms with Crippen LogP contribution in [-0.2, 0) is 9.59 Å². The lowest BCUT2D eigenvalue weighted by Crippen LogP contribution is -2.44. The Morgan fingerprint density at radius 3 is 2.53 bits per heavy atom. The van der Waals surface area contributed by atoms with Gasteiger partial charge in [-0.05, 0) is 49.2 Å². The van der Waals surface area contributed by atoms with Gasteiger partial charge in [0.25, 0.3) is 5.91 Å². The van der Waals surface area contributed by atoms with Crippen molar-refractivity contribution in [3.05, 3.63) is 59.7 Å². The van der Waals surface area contributed by atoms with E-state index in [0.717, 1.165) is 16.8 Å². The van der Waals surface area contributed by atoms with E-state index in [4.69, 9.17) is 20.3 Å². The molecule has 2 aromatic rings. The zero-order valence-corrected chi connectivity index (χ0v) is 17.8. The SMILES string of the molecule is NC(=O)C1CCN(CC(=O)N2N=C(c3ccccc3)C[C@@H]2c2ccc3c(c2)OCO3)CC1. The van der Waals surface area contributed by atoms with Crippen LogP contribution in [0.15, 0.2) is 53.6 Å². The second kappa shape index (κ2) is 8.63. The molecule has 1 fully saturated rings. The predicted molar refractivity (Wildman–Crippen MR) is 118 cm³/mol. The number of piperidine rings is 1. The zero-order chi connectivity index (χ0) is 22.1. The number of rotatable bonds is 5. The molecule has 0 bridgehead atoms. The minimum atomic E-state index is -0.254. The van der Waals surface area contributed by atoms with E-state index in [0.29, 0.717) is 43.9 Å². The van der Waals surface area contributed by atoms with Crippen LogP contribution < -0.4 is 15.2 Å². The van der Waals surface area contributed by atoms with E-state index in [2.05, 4.69) is 4.90 Å². The summed E-state index contributed by atoms with van der Waals surface area (Å²) in [6.45, 7) is 1.82. The van der Waals surface area contributed by atoms with Crippen molar-refractivity contribution in [3.8, 4) is 11.5 Å². The Morgan fingerprint density at radius 1 is 1.03 bits per heavy atom. The van der Waals surface area contributed by atoms with E-state index in [-0.39, 0.29) is 37.1 Å². The summed E-state index contributed by atoms with van der Waals surface area (Å²) in [6, 6.07) is 15.5. The molecule has 0 spiro atoms. The number of fused-ring (bicyclic) bond motifs is 1. The second-order valence-electron chi connectivity index (χ2n) is 8.44. The van der Waals surface area contributed by atoms with Crippen molar-refractivity contribution < 1.29 is 19.1 Å². The van der Waals surface area contributed by atoms with Gasteiger partial charge in [0.05, 0.1) is 18.3 Å². The maximum Gasteiger partial charge on any atom is 0.257 e. The Kier molecular flexibility index (Phi) is 5.53. The summed E-state index contributed by atoms with van der Waals surface area (Å²) < 4.78 is 11.0. The minimum absolute atomic E-state index is 0.0591. The number of likely N-dealkylation sites (tertiary alicyclic amines) is 1. The fourth-order valence-electron chi connectivity index (χ4n) is 4.56. The van der Waals surface area contributed by atoms with E-state index < -0.39 is 0 Å². The van der Waals surface area contributed by atoms with E-state index in [1.807, 2.05) is 48.5 Å². The highest BCUT2D eigenvalue weighted by Crippen LogP contribution is 2.39. The van der Waals surface area contributed by atoms with Crippen LogP contribution >= 0.6 is 0 Å². The third-order valence-corrected chi connectivity index (χ3v) is 6.40. The number of ether oxygens (including phenoxy) is 2. The standard InChI is InChI=1S/C24H26N4O4/c25-24(30)17-8-10-27(11-9-17)14-23(29)28-20(13-19(26-28)16-4-2-1-3-5-16)18-6-7-21-22(12-18)32-15-31-21/h1-7,12,17,20H,8-11,13-15H2,(H2,25,30)/t20-/m1/s1. The average Bonchev–Trinajstić information content (AvgIpc) is 3.47. The maximum absolute atomic E-state index is 13.4. The number of primary amides is 1. The van der Waals surface area contributed by atoms with Crippen LogP contribution in [0.25, 0.3) is 0 Å². The molecule has 1 saturated heterocycles. The molecule has 8 nitrogen and oxygen atoms in total. The van der Waals surface area contributed by atoms with Gasteiger partial charge in [-0.15, -0.1) is 0 Å². The quantitative estimate of drug-likeness (QED) is 0.779. The number of benzene rings is 2. The van der Waals surface area contributed by atoms with Crippen molar-refractivity contribution in [1.29, 1.82) is 0 Å². The topological polar surface area (TPSA) is 97.5 Å². The first-order chi connectivity index (χ1) is 15.6. The number of nitrogens with two attached hydrogens (primary N) is 1. The molecule has 8 heteroatoms. The molecular formula is C24H26N4O4. The summed E-state index contributed by atoms with van der Waals surface area (Å²) in [5, 5.41) is 6.36. The third-order valence-electron chi connectivity index (χ3n) is 6.40. The van der Waals surface area contributed by atoms with E-state index in [1.165, 1.54) is 0 Å². The predicted octanol–water partition coefficient (Wildman–Crippen LogP) is 2.29. The summed E-state index contributed by atoms with van der Waals surface area (Å²) >= 11 is 0. The number of carbonyl (C=O) groups excluding carboxylic acids is 2. The van der Waals surface area contributed by atoms with Crippen LogP contribution in [0.5, 0.6) is 11.5 Å². The number of nitrogens with zero attached hydrogens (tertiary/aromatic N) is 3. The molecule has 0 unspecified atom stereocenters. The van der Waals surface area contributed by atoms with Crippen molar-refractivity contribution in [2.75, 3.05) is 26.4 Å². The minimum Gasteiger partial charge on any atom is -0.454 e. The average molecular weight is 434 g/mol. The first-order valence-corrected chi connectivity index (χ1v) is 10.9. The van der Waals surface area contributed by atoms with E-state index in [1.54, 1.807) is 5.01 Å². The first-order valence-electron chi connectivity index (χ1n) is 10.9. The summed E-state index contributed by atoms with van der Waals surface area (Å²) in [5.74, 6) is 0.992. The molecule has 32 heavy (non-hydrogen) atoms. The van der Waals surface area contributed by atoms with Crippen LogP contribution in [-0.4, -0.2) is 53.9 Å². The Bertz CT molecular complexity index is 1050. The number of carbonyl (C=O) groups is 2. The van der Waals surface area contributed by atoms with Gasteiger partial charge in [0, 0.05) is 12.3 Å². The largest absolute Gasteiger partial charge is 0.454 e. The summed E-state index contributed by atoms with van der Waals surface area (Å²) in [5.41, 5.74) is 8.29. The van der Waals surface area contributed by atoms with Gasteiger partial charge in [-0.1, -0.05) is 36.4 Å². The summed E-state index contributed by atoms with van der Waals surface area (Å²) in [4.78, 5) is 26.9. The lowest BCUT2D eigenvalue weighted by atomic mass is 9.96. The van der Waals surface area contributed by atoms with E-state index in [9.17, 15) is 9.59 Å². The highest BCUT2D eigenvalue weighted by Gasteiger charge is 2.35. The molecule has 166 valence electrons. The van der Waals surface area contributed by atoms with Gasteiger partial charge in [-0.2, -0.15) is 5.10 Å². The molecule has 0 saturated carbocycles. The summed E-state index contributed by atoms with van der Waals surface area (Å²) in [6.07, 6.45) is 2.00. The molecule has 2 aromatic carbocycles. The van der Waals surface area contributed by atoms with Crippen LogP contribution in [0, 0.1) is 5.92 Å². The molecule has 2 N–H and O–H groups in total. The Balaban J connectivity index is 1.37. The highest BCUT2D eigenvalue weighted by atomic mass is 16.7. The molecule has 1 atom stereocenters. The molecule has 5 rings (SSSR count). The monoisotopic (exact) mass is 434 g/mol. The van der Waals surface area contributed by atoms with Gasteiger partial charge in [0.1, 0.15) is 0 Å². The van der Waals surface area contributed by atoms with Crippen LogP contribution in [0.4, 0.5) is 0 Å². The number of hydrogen-bond acceptors (Lipinski definition) is 6. The van der Waals surface area contributed by atoms with Gasteiger partial charge >= 0.3 is 0 Å². The highest BCUT2D eigenvalue weighted by molar-refractivity contribution is 6.03. The lowest BCUT2D eigenvalue weighted by molar-refractivity contribution is -0.134. The van der Waals surface area contributed by atoms with Crippen molar-refractivity contribution in [2.24, 2.45) is 16.8 Å². The van der Waals surface area contributed by atoms with Crippen molar-refractivity contribution in [2.45, 2.75) is 25.3 Å². The molecular weight excluding hydrogens is 408 g/mol. The van der Waals surface area contributed by atoms with Crippen molar-refractivity contribution in [3.63, 3.8) is 0 Å². The fourth-order valence-corrected chi connectivity index (χ4v) is 4.56. The molecule has 2 amide bonds. The van der Waals surface area contributed by atoms with Crippen LogP contribution in [0.3, 0.4) is 0 Å². The van der Waals surface area contributed by atoms with Gasteiger partial charge in [-0.25, -0.2) is 5.01 Å². The molecule has 0 aliphatic carbocycles. The molecule has 0 aromatic heterocycles. The van der Waals surface area contributed by atoms with E-state index >= 15 is 0 Å². The van der Waals surface area contributed by atoms with Crippen LogP contribution in [0.2, 0.25) is 0 Å². The number of amides is 2. The van der Waals surface area contributed by atoms with Gasteiger partial charge < -0.3 is 15.2 Å². The summed E-state index contributed by atoms with van der Waals surface area (Å²) in [7, 11) is 0. The lowest BCUT2D eigenvalue weighted by Gasteiger charge is -2.31. The second-order valence-corrected chi connectivity index (χ2v) is 8.44. The van der Waals surface area contributed by atoms with Crippen LogP contribution in [0.1, 0.15) is 36.4 Å². The Morgan fingerprint density at radius 2 is 1.78 bits per heavy atom. The van der Waals surface area contributed by atoms with Crippen molar-refractivity contribution >= 4 is 17.5 Å².